The van der Waals surface area contributed by atoms with Crippen LogP contribution in [0, 0.1) is 12.8 Å². The van der Waals surface area contributed by atoms with E-state index in [0.717, 1.165) is 12.8 Å². The Bertz CT molecular complexity index is 634. The standard InChI is InChI=1S/C18H27N3O4/c1-12(2)16-15(13(3)19-25-16)18(23)21-6-4-5-14(11-21)17(22)20-7-9-24-10-8-20/h12,14H,4-11H2,1-3H3. The average Bonchev–Trinajstić information content (AvgIpc) is 3.03. The van der Waals surface area contributed by atoms with E-state index in [9.17, 15) is 9.59 Å². The highest BCUT2D eigenvalue weighted by Gasteiger charge is 2.34. The molecule has 2 fully saturated rings. The third-order valence-electron chi connectivity index (χ3n) is 5.01. The van der Waals surface area contributed by atoms with Crippen molar-refractivity contribution in [3.05, 3.63) is 17.0 Å². The molecule has 0 aliphatic carbocycles. The number of hydrogen-bond acceptors (Lipinski definition) is 5. The minimum absolute atomic E-state index is 0.0677. The van der Waals surface area contributed by atoms with Crippen LogP contribution in [0.2, 0.25) is 0 Å². The molecule has 0 saturated carbocycles. The van der Waals surface area contributed by atoms with Crippen molar-refractivity contribution in [3.63, 3.8) is 0 Å². The number of amides is 2. The van der Waals surface area contributed by atoms with Gasteiger partial charge in [-0.3, -0.25) is 9.59 Å². The molecular formula is C18H27N3O4. The third kappa shape index (κ3) is 3.71. The molecule has 1 aromatic rings. The molecular weight excluding hydrogens is 322 g/mol. The Hall–Kier alpha value is -1.89. The molecule has 0 N–H and O–H groups in total. The highest BCUT2D eigenvalue weighted by Crippen LogP contribution is 2.26. The van der Waals surface area contributed by atoms with Gasteiger partial charge in [-0.25, -0.2) is 0 Å². The minimum atomic E-state index is -0.126. The fraction of sp³-hybridized carbons (Fsp3) is 0.722. The smallest absolute Gasteiger partial charge is 0.259 e. The van der Waals surface area contributed by atoms with Crippen LogP contribution in [0.3, 0.4) is 0 Å². The van der Waals surface area contributed by atoms with E-state index in [1.807, 2.05) is 18.7 Å². The highest BCUT2D eigenvalue weighted by molar-refractivity contribution is 5.96. The van der Waals surface area contributed by atoms with Crippen LogP contribution in [-0.2, 0) is 9.53 Å². The van der Waals surface area contributed by atoms with Crippen molar-refractivity contribution >= 4 is 11.8 Å². The summed E-state index contributed by atoms with van der Waals surface area (Å²) in [6.45, 7) is 9.39. The van der Waals surface area contributed by atoms with Crippen molar-refractivity contribution < 1.29 is 18.8 Å². The van der Waals surface area contributed by atoms with Gasteiger partial charge in [-0.2, -0.15) is 0 Å². The second-order valence-electron chi connectivity index (χ2n) is 7.19. The number of piperidine rings is 1. The van der Waals surface area contributed by atoms with Crippen molar-refractivity contribution in [2.45, 2.75) is 39.5 Å². The molecule has 1 unspecified atom stereocenters. The number of carbonyl (C=O) groups excluding carboxylic acids is 2. The molecule has 3 heterocycles. The van der Waals surface area contributed by atoms with Gasteiger partial charge in [0.1, 0.15) is 5.56 Å². The maximum absolute atomic E-state index is 13.0. The van der Waals surface area contributed by atoms with Gasteiger partial charge in [-0.1, -0.05) is 19.0 Å². The monoisotopic (exact) mass is 349 g/mol. The van der Waals surface area contributed by atoms with Gasteiger partial charge in [0.05, 0.1) is 24.8 Å². The summed E-state index contributed by atoms with van der Waals surface area (Å²) in [5.74, 6) is 0.673. The topological polar surface area (TPSA) is 75.9 Å². The van der Waals surface area contributed by atoms with E-state index in [1.165, 1.54) is 0 Å². The molecule has 7 heteroatoms. The summed E-state index contributed by atoms with van der Waals surface area (Å²) in [6, 6.07) is 0. The summed E-state index contributed by atoms with van der Waals surface area (Å²) in [5, 5.41) is 3.97. The predicted octanol–water partition coefficient (Wildman–Crippen LogP) is 1.82. The van der Waals surface area contributed by atoms with Crippen LogP contribution in [0.15, 0.2) is 4.52 Å². The predicted molar refractivity (Wildman–Crippen MR) is 91.4 cm³/mol. The third-order valence-corrected chi connectivity index (χ3v) is 5.01. The molecule has 2 aliphatic heterocycles. The molecule has 0 spiro atoms. The van der Waals surface area contributed by atoms with E-state index >= 15 is 0 Å². The molecule has 1 atom stereocenters. The SMILES string of the molecule is Cc1noc(C(C)C)c1C(=O)N1CCCC(C(=O)N2CCOCC2)C1. The molecule has 25 heavy (non-hydrogen) atoms. The van der Waals surface area contributed by atoms with Gasteiger partial charge in [0.15, 0.2) is 5.76 Å². The van der Waals surface area contributed by atoms with E-state index in [0.29, 0.717) is 56.4 Å². The fourth-order valence-electron chi connectivity index (χ4n) is 3.60. The first kappa shape index (κ1) is 17.9. The molecule has 2 aliphatic rings. The van der Waals surface area contributed by atoms with Crippen molar-refractivity contribution in [2.24, 2.45) is 5.92 Å². The first-order chi connectivity index (χ1) is 12.0. The van der Waals surface area contributed by atoms with Crippen LogP contribution in [0.4, 0.5) is 0 Å². The van der Waals surface area contributed by atoms with Crippen LogP contribution in [0.25, 0.3) is 0 Å². The quantitative estimate of drug-likeness (QED) is 0.832. The molecule has 0 aromatic carbocycles. The summed E-state index contributed by atoms with van der Waals surface area (Å²) >= 11 is 0. The number of ether oxygens (including phenoxy) is 1. The number of likely N-dealkylation sites (tertiary alicyclic amines) is 1. The van der Waals surface area contributed by atoms with Crippen LogP contribution in [0.5, 0.6) is 0 Å². The summed E-state index contributed by atoms with van der Waals surface area (Å²) in [7, 11) is 0. The van der Waals surface area contributed by atoms with Gasteiger partial charge in [0.25, 0.3) is 5.91 Å². The fourth-order valence-corrected chi connectivity index (χ4v) is 3.60. The molecule has 3 rings (SSSR count). The van der Waals surface area contributed by atoms with Crippen molar-refractivity contribution in [1.82, 2.24) is 15.0 Å². The van der Waals surface area contributed by atoms with Crippen molar-refractivity contribution in [3.8, 4) is 0 Å². The second kappa shape index (κ2) is 7.56. The van der Waals surface area contributed by atoms with Crippen LogP contribution < -0.4 is 0 Å². The number of rotatable bonds is 3. The lowest BCUT2D eigenvalue weighted by Crippen LogP contribution is -2.49. The summed E-state index contributed by atoms with van der Waals surface area (Å²) < 4.78 is 10.7. The number of aryl methyl sites for hydroxylation is 1. The zero-order valence-electron chi connectivity index (χ0n) is 15.3. The summed E-state index contributed by atoms with van der Waals surface area (Å²) in [6.07, 6.45) is 1.67. The second-order valence-corrected chi connectivity index (χ2v) is 7.19. The Labute approximate surface area is 148 Å². The normalized spacial score (nSPS) is 21.7. The summed E-state index contributed by atoms with van der Waals surface area (Å²) in [5.41, 5.74) is 1.19. The zero-order chi connectivity index (χ0) is 18.0. The lowest BCUT2D eigenvalue weighted by Gasteiger charge is -2.36. The minimum Gasteiger partial charge on any atom is -0.378 e. The highest BCUT2D eigenvalue weighted by atomic mass is 16.5. The molecule has 1 aromatic heterocycles. The first-order valence-electron chi connectivity index (χ1n) is 9.11. The Balaban J connectivity index is 1.72. The van der Waals surface area contributed by atoms with E-state index in [1.54, 1.807) is 11.8 Å². The van der Waals surface area contributed by atoms with E-state index in [-0.39, 0.29) is 23.7 Å². The lowest BCUT2D eigenvalue weighted by molar-refractivity contribution is -0.141. The largest absolute Gasteiger partial charge is 0.378 e. The maximum atomic E-state index is 13.0. The van der Waals surface area contributed by atoms with Gasteiger partial charge >= 0.3 is 0 Å². The van der Waals surface area contributed by atoms with Gasteiger partial charge in [-0.15, -0.1) is 0 Å². The molecule has 2 amide bonds. The van der Waals surface area contributed by atoms with Crippen molar-refractivity contribution in [1.29, 1.82) is 0 Å². The Morgan fingerprint density at radius 1 is 1.16 bits per heavy atom. The lowest BCUT2D eigenvalue weighted by atomic mass is 9.95. The number of morpholine rings is 1. The van der Waals surface area contributed by atoms with Crippen LogP contribution in [-0.4, -0.2) is 66.2 Å². The van der Waals surface area contributed by atoms with E-state index in [2.05, 4.69) is 5.16 Å². The number of nitrogens with zero attached hydrogens (tertiary/aromatic N) is 3. The van der Waals surface area contributed by atoms with Gasteiger partial charge in [0.2, 0.25) is 5.91 Å². The van der Waals surface area contributed by atoms with Crippen molar-refractivity contribution in [2.75, 3.05) is 39.4 Å². The Morgan fingerprint density at radius 3 is 2.56 bits per heavy atom. The molecule has 7 nitrogen and oxygen atoms in total. The number of carbonyl (C=O) groups is 2. The molecule has 0 bridgehead atoms. The Kier molecular flexibility index (Phi) is 5.42. The van der Waals surface area contributed by atoms with Gasteiger partial charge < -0.3 is 19.1 Å². The first-order valence-corrected chi connectivity index (χ1v) is 9.11. The number of aromatic nitrogens is 1. The Morgan fingerprint density at radius 2 is 1.88 bits per heavy atom. The van der Waals surface area contributed by atoms with Gasteiger partial charge in [0, 0.05) is 32.1 Å². The molecule has 0 radical (unpaired) electrons. The summed E-state index contributed by atoms with van der Waals surface area (Å²) in [4.78, 5) is 29.4. The van der Waals surface area contributed by atoms with E-state index < -0.39 is 0 Å². The van der Waals surface area contributed by atoms with Crippen LogP contribution >= 0.6 is 0 Å². The number of hydrogen-bond donors (Lipinski definition) is 0. The maximum Gasteiger partial charge on any atom is 0.259 e. The van der Waals surface area contributed by atoms with Crippen LogP contribution in [0.1, 0.15) is 54.4 Å². The van der Waals surface area contributed by atoms with E-state index in [4.69, 9.17) is 9.26 Å². The molecule has 2 saturated heterocycles. The average molecular weight is 349 g/mol. The van der Waals surface area contributed by atoms with Gasteiger partial charge in [-0.05, 0) is 19.8 Å². The zero-order valence-corrected chi connectivity index (χ0v) is 15.3. The molecule has 138 valence electrons.